The molecule has 1 rings (SSSR count). The molecule has 0 saturated heterocycles. The molecule has 0 fully saturated rings. The molecule has 1 aromatic carbocycles. The Balaban J connectivity index is 2.95. The lowest BCUT2D eigenvalue weighted by Crippen LogP contribution is -2.37. The first-order valence-corrected chi connectivity index (χ1v) is 5.64. The standard InChI is InChI=1S/C12H12F2N2O4/c1-2-15-10(17)5-16-11(18)6-3-8(13)9(14)4-7(6)12(19)20/h3-4H,2,5H2,1H3,(H,15,17)(H,16,18)(H,19,20). The Hall–Kier alpha value is -2.51. The van der Waals surface area contributed by atoms with E-state index in [1.807, 2.05) is 0 Å². The summed E-state index contributed by atoms with van der Waals surface area (Å²) in [5, 5.41) is 13.4. The van der Waals surface area contributed by atoms with E-state index in [0.29, 0.717) is 18.7 Å². The molecule has 0 radical (unpaired) electrons. The molecule has 0 aliphatic heterocycles. The summed E-state index contributed by atoms with van der Waals surface area (Å²) in [6.07, 6.45) is 0. The Bertz CT molecular complexity index is 561. The number of rotatable bonds is 5. The summed E-state index contributed by atoms with van der Waals surface area (Å²) in [6, 6.07) is 0.893. The molecule has 0 saturated carbocycles. The summed E-state index contributed by atoms with van der Waals surface area (Å²) < 4.78 is 26.0. The molecule has 0 spiro atoms. The fraction of sp³-hybridized carbons (Fsp3) is 0.250. The number of nitrogens with one attached hydrogen (secondary N) is 2. The van der Waals surface area contributed by atoms with Crippen LogP contribution in [-0.4, -0.2) is 36.0 Å². The number of carbonyl (C=O) groups excluding carboxylic acids is 2. The minimum atomic E-state index is -1.58. The van der Waals surface area contributed by atoms with E-state index in [9.17, 15) is 23.2 Å². The number of aromatic carboxylic acids is 1. The van der Waals surface area contributed by atoms with Gasteiger partial charge in [-0.3, -0.25) is 9.59 Å². The molecule has 0 unspecified atom stereocenters. The predicted molar refractivity (Wildman–Crippen MR) is 64.3 cm³/mol. The normalized spacial score (nSPS) is 9.95. The SMILES string of the molecule is CCNC(=O)CNC(=O)c1cc(F)c(F)cc1C(=O)O. The van der Waals surface area contributed by atoms with Crippen molar-refractivity contribution in [3.63, 3.8) is 0 Å². The van der Waals surface area contributed by atoms with E-state index in [1.54, 1.807) is 6.92 Å². The molecule has 0 aliphatic rings. The Morgan fingerprint density at radius 1 is 1.10 bits per heavy atom. The van der Waals surface area contributed by atoms with E-state index in [0.717, 1.165) is 0 Å². The second kappa shape index (κ2) is 6.60. The summed E-state index contributed by atoms with van der Waals surface area (Å²) in [7, 11) is 0. The zero-order chi connectivity index (χ0) is 15.3. The largest absolute Gasteiger partial charge is 0.478 e. The minimum absolute atomic E-state index is 0.361. The van der Waals surface area contributed by atoms with Crippen LogP contribution in [0.4, 0.5) is 8.78 Å². The molecule has 8 heteroatoms. The van der Waals surface area contributed by atoms with Crippen molar-refractivity contribution < 1.29 is 28.3 Å². The number of halogens is 2. The molecule has 0 aromatic heterocycles. The van der Waals surface area contributed by atoms with Crippen molar-refractivity contribution in [1.82, 2.24) is 10.6 Å². The van der Waals surface area contributed by atoms with Gasteiger partial charge in [-0.15, -0.1) is 0 Å². The molecule has 1 aromatic rings. The Labute approximate surface area is 112 Å². The highest BCUT2D eigenvalue weighted by molar-refractivity contribution is 6.05. The molecule has 0 bridgehead atoms. The van der Waals surface area contributed by atoms with E-state index >= 15 is 0 Å². The number of hydrogen-bond acceptors (Lipinski definition) is 3. The van der Waals surface area contributed by atoms with Crippen LogP contribution in [0.1, 0.15) is 27.6 Å². The highest BCUT2D eigenvalue weighted by atomic mass is 19.2. The number of hydrogen-bond donors (Lipinski definition) is 3. The zero-order valence-electron chi connectivity index (χ0n) is 10.5. The van der Waals surface area contributed by atoms with Gasteiger partial charge in [0, 0.05) is 6.54 Å². The molecule has 6 nitrogen and oxygen atoms in total. The third-order valence-electron chi connectivity index (χ3n) is 2.32. The average Bonchev–Trinajstić information content (AvgIpc) is 2.38. The second-order valence-electron chi connectivity index (χ2n) is 3.75. The molecular formula is C12H12F2N2O4. The number of carboxylic acid groups (broad SMARTS) is 1. The van der Waals surface area contributed by atoms with Crippen LogP contribution >= 0.6 is 0 Å². The second-order valence-corrected chi connectivity index (χ2v) is 3.75. The van der Waals surface area contributed by atoms with Crippen molar-refractivity contribution in [2.24, 2.45) is 0 Å². The van der Waals surface area contributed by atoms with Crippen LogP contribution < -0.4 is 10.6 Å². The first-order chi connectivity index (χ1) is 9.36. The van der Waals surface area contributed by atoms with Crippen molar-refractivity contribution in [2.75, 3.05) is 13.1 Å². The number of benzene rings is 1. The third-order valence-corrected chi connectivity index (χ3v) is 2.32. The highest BCUT2D eigenvalue weighted by Gasteiger charge is 2.20. The quantitative estimate of drug-likeness (QED) is 0.735. The van der Waals surface area contributed by atoms with E-state index in [1.165, 1.54) is 0 Å². The molecule has 0 atom stereocenters. The van der Waals surface area contributed by atoms with Crippen LogP contribution in [0.2, 0.25) is 0 Å². The lowest BCUT2D eigenvalue weighted by Gasteiger charge is -2.08. The zero-order valence-corrected chi connectivity index (χ0v) is 10.5. The lowest BCUT2D eigenvalue weighted by atomic mass is 10.1. The number of carbonyl (C=O) groups is 3. The van der Waals surface area contributed by atoms with E-state index in [-0.39, 0.29) is 0 Å². The van der Waals surface area contributed by atoms with Gasteiger partial charge in [0.05, 0.1) is 17.7 Å². The predicted octanol–water partition coefficient (Wildman–Crippen LogP) is 0.529. The molecule has 108 valence electrons. The van der Waals surface area contributed by atoms with E-state index in [4.69, 9.17) is 5.11 Å². The topological polar surface area (TPSA) is 95.5 Å². The Kier molecular flexibility index (Phi) is 5.13. The van der Waals surface area contributed by atoms with Crippen LogP contribution in [-0.2, 0) is 4.79 Å². The first-order valence-electron chi connectivity index (χ1n) is 5.64. The maximum atomic E-state index is 13.1. The Morgan fingerprint density at radius 3 is 2.15 bits per heavy atom. The van der Waals surface area contributed by atoms with Crippen LogP contribution in [0, 0.1) is 11.6 Å². The van der Waals surface area contributed by atoms with Gasteiger partial charge in [-0.05, 0) is 19.1 Å². The van der Waals surface area contributed by atoms with Crippen LogP contribution in [0.3, 0.4) is 0 Å². The smallest absolute Gasteiger partial charge is 0.336 e. The highest BCUT2D eigenvalue weighted by Crippen LogP contribution is 2.15. The van der Waals surface area contributed by atoms with Gasteiger partial charge in [0.15, 0.2) is 11.6 Å². The van der Waals surface area contributed by atoms with Crippen molar-refractivity contribution in [3.8, 4) is 0 Å². The van der Waals surface area contributed by atoms with Crippen molar-refractivity contribution in [2.45, 2.75) is 6.92 Å². The third kappa shape index (κ3) is 3.74. The minimum Gasteiger partial charge on any atom is -0.478 e. The molecule has 0 aliphatic carbocycles. The molecule has 3 N–H and O–H groups in total. The number of amides is 2. The van der Waals surface area contributed by atoms with Gasteiger partial charge in [-0.1, -0.05) is 0 Å². The van der Waals surface area contributed by atoms with Crippen molar-refractivity contribution in [1.29, 1.82) is 0 Å². The Morgan fingerprint density at radius 2 is 1.65 bits per heavy atom. The summed E-state index contributed by atoms with van der Waals surface area (Å²) in [5.41, 5.74) is -1.24. The van der Waals surface area contributed by atoms with Gasteiger partial charge in [-0.2, -0.15) is 0 Å². The van der Waals surface area contributed by atoms with Gasteiger partial charge in [0.2, 0.25) is 5.91 Å². The first kappa shape index (κ1) is 15.5. The van der Waals surface area contributed by atoms with Gasteiger partial charge in [0.1, 0.15) is 0 Å². The maximum absolute atomic E-state index is 13.1. The fourth-order valence-corrected chi connectivity index (χ4v) is 1.43. The molecular weight excluding hydrogens is 274 g/mol. The van der Waals surface area contributed by atoms with Crippen molar-refractivity contribution in [3.05, 3.63) is 34.9 Å². The average molecular weight is 286 g/mol. The van der Waals surface area contributed by atoms with Gasteiger partial charge < -0.3 is 15.7 Å². The summed E-state index contributed by atoms with van der Waals surface area (Å²) in [4.78, 5) is 33.7. The van der Waals surface area contributed by atoms with Gasteiger partial charge in [0.25, 0.3) is 5.91 Å². The maximum Gasteiger partial charge on any atom is 0.336 e. The number of likely N-dealkylation sites (N-methyl/N-ethyl adjacent to an activating group) is 1. The fourth-order valence-electron chi connectivity index (χ4n) is 1.43. The van der Waals surface area contributed by atoms with Gasteiger partial charge in [-0.25, -0.2) is 13.6 Å². The molecule has 20 heavy (non-hydrogen) atoms. The van der Waals surface area contributed by atoms with Crippen LogP contribution in [0.15, 0.2) is 12.1 Å². The van der Waals surface area contributed by atoms with Gasteiger partial charge >= 0.3 is 5.97 Å². The molecule has 2 amide bonds. The van der Waals surface area contributed by atoms with E-state index in [2.05, 4.69) is 10.6 Å². The molecule has 0 heterocycles. The summed E-state index contributed by atoms with van der Waals surface area (Å²) >= 11 is 0. The monoisotopic (exact) mass is 286 g/mol. The van der Waals surface area contributed by atoms with Crippen LogP contribution in [0.5, 0.6) is 0 Å². The van der Waals surface area contributed by atoms with Crippen LogP contribution in [0.25, 0.3) is 0 Å². The number of carboxylic acids is 1. The summed E-state index contributed by atoms with van der Waals surface area (Å²) in [5.74, 6) is -5.76. The van der Waals surface area contributed by atoms with Crippen molar-refractivity contribution >= 4 is 17.8 Å². The van der Waals surface area contributed by atoms with E-state index < -0.39 is 47.1 Å². The summed E-state index contributed by atoms with van der Waals surface area (Å²) in [6.45, 7) is 1.64. The lowest BCUT2D eigenvalue weighted by molar-refractivity contribution is -0.120.